The van der Waals surface area contributed by atoms with E-state index < -0.39 is 23.3 Å². The molecule has 0 aliphatic rings. The molecule has 0 spiro atoms. The van der Waals surface area contributed by atoms with Crippen LogP contribution in [0.1, 0.15) is 17.2 Å². The normalized spacial score (nSPS) is 12.3. The van der Waals surface area contributed by atoms with Crippen LogP contribution < -0.4 is 4.74 Å². The van der Waals surface area contributed by atoms with E-state index in [1.165, 1.54) is 13.2 Å². The molecule has 2 aromatic carbocycles. The SMILES string of the molecule is COc1cc(F)c(C(O)c2cc(Cl)ccc2Br)c(F)c1. The first-order valence-corrected chi connectivity index (χ1v) is 6.77. The summed E-state index contributed by atoms with van der Waals surface area (Å²) < 4.78 is 33.1. The fraction of sp³-hybridized carbons (Fsp3) is 0.143. The van der Waals surface area contributed by atoms with Gasteiger partial charge >= 0.3 is 0 Å². The van der Waals surface area contributed by atoms with Crippen molar-refractivity contribution in [1.29, 1.82) is 0 Å². The highest BCUT2D eigenvalue weighted by Gasteiger charge is 2.23. The Hall–Kier alpha value is -1.17. The van der Waals surface area contributed by atoms with Crippen molar-refractivity contribution in [2.24, 2.45) is 0 Å². The van der Waals surface area contributed by atoms with Gasteiger partial charge in [0, 0.05) is 27.2 Å². The second-order valence-corrected chi connectivity index (χ2v) is 5.36. The van der Waals surface area contributed by atoms with E-state index in [1.54, 1.807) is 12.1 Å². The van der Waals surface area contributed by atoms with Crippen LogP contribution in [0.2, 0.25) is 5.02 Å². The van der Waals surface area contributed by atoms with Gasteiger partial charge in [0.15, 0.2) is 0 Å². The van der Waals surface area contributed by atoms with Crippen molar-refractivity contribution in [2.75, 3.05) is 7.11 Å². The van der Waals surface area contributed by atoms with Crippen molar-refractivity contribution in [3.05, 3.63) is 62.6 Å². The van der Waals surface area contributed by atoms with Gasteiger partial charge in [-0.05, 0) is 18.2 Å². The predicted molar refractivity (Wildman–Crippen MR) is 76.1 cm³/mol. The second-order valence-electron chi connectivity index (χ2n) is 4.07. The Morgan fingerprint density at radius 2 is 1.80 bits per heavy atom. The van der Waals surface area contributed by atoms with Crippen LogP contribution in [0.5, 0.6) is 5.75 Å². The molecule has 0 heterocycles. The fourth-order valence-electron chi connectivity index (χ4n) is 1.82. The molecule has 2 aromatic rings. The number of ether oxygens (including phenoxy) is 1. The lowest BCUT2D eigenvalue weighted by Gasteiger charge is -2.16. The van der Waals surface area contributed by atoms with E-state index in [1.807, 2.05) is 0 Å². The third-order valence-corrected chi connectivity index (χ3v) is 3.77. The molecule has 1 N–H and O–H groups in total. The molecule has 0 radical (unpaired) electrons. The number of aliphatic hydroxyl groups is 1. The summed E-state index contributed by atoms with van der Waals surface area (Å²) in [5, 5.41) is 10.6. The van der Waals surface area contributed by atoms with Crippen molar-refractivity contribution in [3.63, 3.8) is 0 Å². The van der Waals surface area contributed by atoms with E-state index in [0.29, 0.717) is 9.50 Å². The minimum atomic E-state index is -1.48. The molecule has 20 heavy (non-hydrogen) atoms. The first-order valence-electron chi connectivity index (χ1n) is 5.60. The van der Waals surface area contributed by atoms with E-state index in [0.717, 1.165) is 12.1 Å². The van der Waals surface area contributed by atoms with Gasteiger partial charge in [0.2, 0.25) is 0 Å². The highest BCUT2D eigenvalue weighted by molar-refractivity contribution is 9.10. The molecular formula is C14H10BrClF2O2. The van der Waals surface area contributed by atoms with Crippen LogP contribution >= 0.6 is 27.5 Å². The standard InChI is InChI=1S/C14H10BrClF2O2/c1-20-8-5-11(17)13(12(18)6-8)14(19)9-4-7(16)2-3-10(9)15/h2-6,14,19H,1H3. The Kier molecular flexibility index (Phi) is 4.62. The van der Waals surface area contributed by atoms with E-state index in [9.17, 15) is 13.9 Å². The number of hydrogen-bond donors (Lipinski definition) is 1. The maximum atomic E-state index is 13.9. The number of methoxy groups -OCH3 is 1. The van der Waals surface area contributed by atoms with Crippen LogP contribution in [-0.4, -0.2) is 12.2 Å². The highest BCUT2D eigenvalue weighted by Crippen LogP contribution is 2.34. The average molecular weight is 364 g/mol. The molecule has 0 saturated heterocycles. The van der Waals surface area contributed by atoms with Crippen molar-refractivity contribution in [2.45, 2.75) is 6.10 Å². The summed E-state index contributed by atoms with van der Waals surface area (Å²) in [4.78, 5) is 0. The van der Waals surface area contributed by atoms with Crippen LogP contribution in [-0.2, 0) is 0 Å². The van der Waals surface area contributed by atoms with E-state index in [4.69, 9.17) is 16.3 Å². The van der Waals surface area contributed by atoms with Gasteiger partial charge in [-0.25, -0.2) is 8.78 Å². The van der Waals surface area contributed by atoms with Crippen molar-refractivity contribution >= 4 is 27.5 Å². The number of hydrogen-bond acceptors (Lipinski definition) is 2. The molecule has 0 aliphatic heterocycles. The van der Waals surface area contributed by atoms with E-state index in [-0.39, 0.29) is 11.3 Å². The topological polar surface area (TPSA) is 29.5 Å². The van der Waals surface area contributed by atoms with Gasteiger partial charge in [0.05, 0.1) is 12.7 Å². The Morgan fingerprint density at radius 1 is 1.20 bits per heavy atom. The van der Waals surface area contributed by atoms with Gasteiger partial charge in [0.25, 0.3) is 0 Å². The lowest BCUT2D eigenvalue weighted by Crippen LogP contribution is -2.07. The van der Waals surface area contributed by atoms with Gasteiger partial charge in [-0.3, -0.25) is 0 Å². The Balaban J connectivity index is 2.53. The molecule has 2 nitrogen and oxygen atoms in total. The minimum Gasteiger partial charge on any atom is -0.497 e. The Morgan fingerprint density at radius 3 is 2.35 bits per heavy atom. The molecule has 0 bridgehead atoms. The molecule has 0 saturated carbocycles. The molecule has 6 heteroatoms. The van der Waals surface area contributed by atoms with Gasteiger partial charge < -0.3 is 9.84 Å². The average Bonchev–Trinajstić information content (AvgIpc) is 2.40. The third-order valence-electron chi connectivity index (χ3n) is 2.81. The summed E-state index contributed by atoms with van der Waals surface area (Å²) in [5.41, 5.74) is -0.172. The maximum absolute atomic E-state index is 13.9. The summed E-state index contributed by atoms with van der Waals surface area (Å²) in [6, 6.07) is 6.67. The Labute approximate surface area is 128 Å². The molecule has 1 atom stereocenters. The molecule has 0 fully saturated rings. The molecule has 106 valence electrons. The van der Waals surface area contributed by atoms with Crippen molar-refractivity contribution < 1.29 is 18.6 Å². The van der Waals surface area contributed by atoms with Crippen LogP contribution in [0.25, 0.3) is 0 Å². The number of rotatable bonds is 3. The molecule has 1 unspecified atom stereocenters. The van der Waals surface area contributed by atoms with Gasteiger partial charge in [-0.2, -0.15) is 0 Å². The predicted octanol–water partition coefficient (Wildman–Crippen LogP) is 4.47. The van der Waals surface area contributed by atoms with Crippen molar-refractivity contribution in [1.82, 2.24) is 0 Å². The first-order chi connectivity index (χ1) is 9.43. The van der Waals surface area contributed by atoms with Crippen LogP contribution in [0.15, 0.2) is 34.8 Å². The summed E-state index contributed by atoms with van der Waals surface area (Å²) in [6.07, 6.45) is -1.48. The molecule has 0 aromatic heterocycles. The van der Waals surface area contributed by atoms with Crippen LogP contribution in [0.4, 0.5) is 8.78 Å². The Bertz CT molecular complexity index is 626. The molecular weight excluding hydrogens is 354 g/mol. The number of aliphatic hydroxyl groups excluding tert-OH is 1. The van der Waals surface area contributed by atoms with Gasteiger partial charge in [0.1, 0.15) is 23.5 Å². The zero-order valence-corrected chi connectivity index (χ0v) is 12.7. The quantitative estimate of drug-likeness (QED) is 0.872. The summed E-state index contributed by atoms with van der Waals surface area (Å²) in [5.74, 6) is -1.73. The third kappa shape index (κ3) is 2.95. The highest BCUT2D eigenvalue weighted by atomic mass is 79.9. The molecule has 2 rings (SSSR count). The van der Waals surface area contributed by atoms with Crippen LogP contribution in [0.3, 0.4) is 0 Å². The summed E-state index contributed by atoms with van der Waals surface area (Å²) >= 11 is 9.05. The fourth-order valence-corrected chi connectivity index (χ4v) is 2.46. The molecule has 0 aliphatic carbocycles. The number of halogens is 4. The van der Waals surface area contributed by atoms with Crippen molar-refractivity contribution in [3.8, 4) is 5.75 Å². The van der Waals surface area contributed by atoms with Gasteiger partial charge in [-0.1, -0.05) is 27.5 Å². The van der Waals surface area contributed by atoms with E-state index >= 15 is 0 Å². The smallest absolute Gasteiger partial charge is 0.135 e. The maximum Gasteiger partial charge on any atom is 0.135 e. The van der Waals surface area contributed by atoms with E-state index in [2.05, 4.69) is 15.9 Å². The van der Waals surface area contributed by atoms with Crippen LogP contribution in [0, 0.1) is 11.6 Å². The lowest BCUT2D eigenvalue weighted by atomic mass is 10.0. The number of benzene rings is 2. The first kappa shape index (κ1) is 15.2. The zero-order chi connectivity index (χ0) is 14.9. The molecule has 0 amide bonds. The lowest BCUT2D eigenvalue weighted by molar-refractivity contribution is 0.208. The second kappa shape index (κ2) is 6.08. The minimum absolute atomic E-state index is 0.0427. The zero-order valence-electron chi connectivity index (χ0n) is 10.3. The largest absolute Gasteiger partial charge is 0.497 e. The summed E-state index contributed by atoms with van der Waals surface area (Å²) in [6.45, 7) is 0. The summed E-state index contributed by atoms with van der Waals surface area (Å²) in [7, 11) is 1.30. The van der Waals surface area contributed by atoms with Gasteiger partial charge in [-0.15, -0.1) is 0 Å². The monoisotopic (exact) mass is 362 g/mol.